The van der Waals surface area contributed by atoms with Crippen molar-refractivity contribution in [2.45, 2.75) is 25.7 Å². The number of benzene rings is 1. The molecule has 0 aliphatic rings. The van der Waals surface area contributed by atoms with Crippen molar-refractivity contribution in [2.24, 2.45) is 0 Å². The van der Waals surface area contributed by atoms with Crippen molar-refractivity contribution in [2.75, 3.05) is 13.6 Å². The van der Waals surface area contributed by atoms with Crippen LogP contribution in [0.4, 0.5) is 4.39 Å². The van der Waals surface area contributed by atoms with Gasteiger partial charge in [-0.05, 0) is 32.0 Å². The summed E-state index contributed by atoms with van der Waals surface area (Å²) in [5, 5.41) is 0. The number of carbonyl (C=O) groups is 1. The standard InChI is InChI=1S/C18H21FN2O/c1-18(2,15-9-4-5-10-16(15)19)17(22)21(3)13-11-14-8-6-7-12-20-14/h4-10,12H,11,13H2,1-3H3. The fourth-order valence-electron chi connectivity index (χ4n) is 2.49. The summed E-state index contributed by atoms with van der Waals surface area (Å²) in [6.07, 6.45) is 2.41. The number of carbonyl (C=O) groups excluding carboxylic acids is 1. The maximum atomic E-state index is 14.0. The van der Waals surface area contributed by atoms with Crippen molar-refractivity contribution >= 4 is 5.91 Å². The van der Waals surface area contributed by atoms with E-state index in [0.717, 1.165) is 5.69 Å². The molecule has 0 N–H and O–H groups in total. The molecule has 0 aliphatic heterocycles. The summed E-state index contributed by atoms with van der Waals surface area (Å²) in [6.45, 7) is 4.06. The van der Waals surface area contributed by atoms with Crippen LogP contribution in [-0.2, 0) is 16.6 Å². The van der Waals surface area contributed by atoms with Crippen LogP contribution in [0.5, 0.6) is 0 Å². The van der Waals surface area contributed by atoms with Crippen molar-refractivity contribution < 1.29 is 9.18 Å². The van der Waals surface area contributed by atoms with Crippen molar-refractivity contribution in [3.63, 3.8) is 0 Å². The first-order valence-electron chi connectivity index (χ1n) is 7.33. The average Bonchev–Trinajstić information content (AvgIpc) is 2.53. The lowest BCUT2D eigenvalue weighted by Gasteiger charge is -2.30. The average molecular weight is 300 g/mol. The topological polar surface area (TPSA) is 33.2 Å². The molecule has 22 heavy (non-hydrogen) atoms. The number of hydrogen-bond acceptors (Lipinski definition) is 2. The summed E-state index contributed by atoms with van der Waals surface area (Å²) in [4.78, 5) is 18.6. The van der Waals surface area contributed by atoms with E-state index in [1.807, 2.05) is 18.2 Å². The van der Waals surface area contributed by atoms with Crippen molar-refractivity contribution in [1.82, 2.24) is 9.88 Å². The van der Waals surface area contributed by atoms with E-state index in [0.29, 0.717) is 18.5 Å². The zero-order valence-corrected chi connectivity index (χ0v) is 13.2. The van der Waals surface area contributed by atoms with Gasteiger partial charge in [0.2, 0.25) is 5.91 Å². The summed E-state index contributed by atoms with van der Waals surface area (Å²) in [6, 6.07) is 12.1. The van der Waals surface area contributed by atoms with Crippen LogP contribution >= 0.6 is 0 Å². The molecule has 1 aromatic carbocycles. The van der Waals surface area contributed by atoms with E-state index in [2.05, 4.69) is 4.98 Å². The molecule has 3 nitrogen and oxygen atoms in total. The fraction of sp³-hybridized carbons (Fsp3) is 0.333. The second kappa shape index (κ2) is 6.69. The third kappa shape index (κ3) is 3.50. The third-order valence-corrected chi connectivity index (χ3v) is 3.86. The molecule has 0 atom stereocenters. The predicted octanol–water partition coefficient (Wildman–Crippen LogP) is 3.20. The molecule has 0 saturated carbocycles. The second-order valence-electron chi connectivity index (χ2n) is 5.90. The normalized spacial score (nSPS) is 11.3. The highest BCUT2D eigenvalue weighted by Gasteiger charge is 2.34. The Morgan fingerprint density at radius 3 is 2.50 bits per heavy atom. The quantitative estimate of drug-likeness (QED) is 0.849. The Balaban J connectivity index is 2.08. The van der Waals surface area contributed by atoms with Gasteiger partial charge in [0.15, 0.2) is 0 Å². The smallest absolute Gasteiger partial charge is 0.232 e. The number of amides is 1. The van der Waals surface area contributed by atoms with Crippen LogP contribution in [-0.4, -0.2) is 29.4 Å². The fourth-order valence-corrected chi connectivity index (χ4v) is 2.49. The molecule has 0 unspecified atom stereocenters. The second-order valence-corrected chi connectivity index (χ2v) is 5.90. The van der Waals surface area contributed by atoms with Crippen LogP contribution in [0, 0.1) is 5.82 Å². The zero-order valence-electron chi connectivity index (χ0n) is 13.2. The molecule has 0 radical (unpaired) electrons. The highest BCUT2D eigenvalue weighted by atomic mass is 19.1. The van der Waals surface area contributed by atoms with E-state index in [4.69, 9.17) is 0 Å². The van der Waals surface area contributed by atoms with E-state index in [9.17, 15) is 9.18 Å². The Morgan fingerprint density at radius 1 is 1.18 bits per heavy atom. The van der Waals surface area contributed by atoms with Crippen LogP contribution < -0.4 is 0 Å². The van der Waals surface area contributed by atoms with Crippen molar-refractivity contribution in [1.29, 1.82) is 0 Å². The van der Waals surface area contributed by atoms with Gasteiger partial charge in [-0.2, -0.15) is 0 Å². The molecule has 0 bridgehead atoms. The minimum absolute atomic E-state index is 0.103. The SMILES string of the molecule is CN(CCc1ccccn1)C(=O)C(C)(C)c1ccccc1F. The zero-order chi connectivity index (χ0) is 16.2. The van der Waals surface area contributed by atoms with E-state index < -0.39 is 5.41 Å². The van der Waals surface area contributed by atoms with Crippen LogP contribution in [0.1, 0.15) is 25.1 Å². The van der Waals surface area contributed by atoms with Gasteiger partial charge in [-0.3, -0.25) is 9.78 Å². The van der Waals surface area contributed by atoms with Gasteiger partial charge < -0.3 is 4.90 Å². The maximum Gasteiger partial charge on any atom is 0.232 e. The lowest BCUT2D eigenvalue weighted by molar-refractivity contribution is -0.135. The van der Waals surface area contributed by atoms with Gasteiger partial charge in [0, 0.05) is 37.5 Å². The maximum absolute atomic E-state index is 14.0. The molecule has 1 aromatic heterocycles. The molecule has 4 heteroatoms. The molecule has 0 fully saturated rings. The highest BCUT2D eigenvalue weighted by molar-refractivity contribution is 5.87. The van der Waals surface area contributed by atoms with E-state index in [1.165, 1.54) is 6.07 Å². The summed E-state index contributed by atoms with van der Waals surface area (Å²) in [7, 11) is 1.74. The largest absolute Gasteiger partial charge is 0.345 e. The van der Waals surface area contributed by atoms with Gasteiger partial charge in [0.1, 0.15) is 5.82 Å². The number of aromatic nitrogens is 1. The number of likely N-dealkylation sites (N-methyl/N-ethyl adjacent to an activating group) is 1. The van der Waals surface area contributed by atoms with Crippen LogP contribution in [0.15, 0.2) is 48.7 Å². The third-order valence-electron chi connectivity index (χ3n) is 3.86. The molecule has 0 spiro atoms. The number of rotatable bonds is 5. The summed E-state index contributed by atoms with van der Waals surface area (Å²) in [5.74, 6) is -0.451. The van der Waals surface area contributed by atoms with Crippen molar-refractivity contribution in [3.8, 4) is 0 Å². The highest BCUT2D eigenvalue weighted by Crippen LogP contribution is 2.27. The van der Waals surface area contributed by atoms with Crippen LogP contribution in [0.2, 0.25) is 0 Å². The summed E-state index contributed by atoms with van der Waals surface area (Å²) in [5.41, 5.74) is 0.458. The Hall–Kier alpha value is -2.23. The van der Waals surface area contributed by atoms with E-state index >= 15 is 0 Å². The van der Waals surface area contributed by atoms with Crippen LogP contribution in [0.3, 0.4) is 0 Å². The molecule has 2 aromatic rings. The number of nitrogens with zero attached hydrogens (tertiary/aromatic N) is 2. The molecule has 2 rings (SSSR count). The predicted molar refractivity (Wildman–Crippen MR) is 85.0 cm³/mol. The Labute approximate surface area is 130 Å². The number of halogens is 1. The number of hydrogen-bond donors (Lipinski definition) is 0. The summed E-state index contributed by atoms with van der Waals surface area (Å²) < 4.78 is 14.0. The molecule has 116 valence electrons. The van der Waals surface area contributed by atoms with Crippen molar-refractivity contribution in [3.05, 3.63) is 65.7 Å². The first-order valence-corrected chi connectivity index (χ1v) is 7.33. The minimum atomic E-state index is -0.899. The molecule has 1 amide bonds. The molecular formula is C18H21FN2O. The Morgan fingerprint density at radius 2 is 1.86 bits per heavy atom. The van der Waals surface area contributed by atoms with Gasteiger partial charge in [0.25, 0.3) is 0 Å². The van der Waals surface area contributed by atoms with E-state index in [-0.39, 0.29) is 11.7 Å². The van der Waals surface area contributed by atoms with Gasteiger partial charge >= 0.3 is 0 Å². The summed E-state index contributed by atoms with van der Waals surface area (Å²) >= 11 is 0. The number of pyridine rings is 1. The lowest BCUT2D eigenvalue weighted by atomic mass is 9.83. The van der Waals surface area contributed by atoms with Gasteiger partial charge in [-0.25, -0.2) is 4.39 Å². The first kappa shape index (κ1) is 16.1. The molecule has 1 heterocycles. The lowest BCUT2D eigenvalue weighted by Crippen LogP contribution is -2.42. The first-order chi connectivity index (χ1) is 10.4. The van der Waals surface area contributed by atoms with Crippen LogP contribution in [0.25, 0.3) is 0 Å². The Bertz CT molecular complexity index is 641. The molecular weight excluding hydrogens is 279 g/mol. The molecule has 0 saturated heterocycles. The molecule has 0 aliphatic carbocycles. The Kier molecular flexibility index (Phi) is 4.91. The monoisotopic (exact) mass is 300 g/mol. The van der Waals surface area contributed by atoms with Gasteiger partial charge in [-0.15, -0.1) is 0 Å². The minimum Gasteiger partial charge on any atom is -0.345 e. The van der Waals surface area contributed by atoms with Gasteiger partial charge in [0.05, 0.1) is 5.41 Å². The van der Waals surface area contributed by atoms with Gasteiger partial charge in [-0.1, -0.05) is 24.3 Å². The van der Waals surface area contributed by atoms with E-state index in [1.54, 1.807) is 50.2 Å².